The van der Waals surface area contributed by atoms with Gasteiger partial charge in [0, 0.05) is 38.8 Å². The van der Waals surface area contributed by atoms with Gasteiger partial charge >= 0.3 is 0 Å². The molecule has 9 heteroatoms. The molecule has 1 aromatic carbocycles. The number of rotatable bonds is 6. The fourth-order valence-corrected chi connectivity index (χ4v) is 4.15. The summed E-state index contributed by atoms with van der Waals surface area (Å²) < 4.78 is 26.4. The van der Waals surface area contributed by atoms with Crippen LogP contribution in [-0.4, -0.2) is 62.2 Å². The molecule has 0 saturated carbocycles. The Kier molecular flexibility index (Phi) is 6.74. The number of piperidine rings is 1. The number of carbonyl (C=O) groups is 2. The summed E-state index contributed by atoms with van der Waals surface area (Å²) in [6.07, 6.45) is 2.78. The predicted octanol–water partition coefficient (Wildman–Crippen LogP) is 0.605. The van der Waals surface area contributed by atoms with E-state index in [4.69, 9.17) is 5.73 Å². The first kappa shape index (κ1) is 20.3. The van der Waals surface area contributed by atoms with E-state index in [2.05, 4.69) is 5.32 Å². The van der Waals surface area contributed by atoms with Gasteiger partial charge in [-0.1, -0.05) is 0 Å². The van der Waals surface area contributed by atoms with Gasteiger partial charge in [-0.05, 0) is 43.5 Å². The van der Waals surface area contributed by atoms with Crippen molar-refractivity contribution in [2.75, 3.05) is 32.0 Å². The van der Waals surface area contributed by atoms with Crippen LogP contribution in [-0.2, 0) is 19.6 Å². The summed E-state index contributed by atoms with van der Waals surface area (Å²) in [7, 11) is -2.41. The van der Waals surface area contributed by atoms with Crippen LogP contribution in [0.1, 0.15) is 26.2 Å². The highest BCUT2D eigenvalue weighted by Crippen LogP contribution is 2.20. The normalized spacial score (nSPS) is 18.0. The number of sulfonamides is 1. The van der Waals surface area contributed by atoms with Crippen molar-refractivity contribution in [2.45, 2.75) is 37.1 Å². The highest BCUT2D eigenvalue weighted by molar-refractivity contribution is 7.89. The molecular formula is C17H26N4O4S. The third-order valence-electron chi connectivity index (χ3n) is 4.46. The Hall–Kier alpha value is -1.97. The average Bonchev–Trinajstić information content (AvgIpc) is 2.61. The summed E-state index contributed by atoms with van der Waals surface area (Å²) in [5, 5.41) is 2.58. The number of nitrogens with zero attached hydrogens (tertiary/aromatic N) is 2. The summed E-state index contributed by atoms with van der Waals surface area (Å²) in [4.78, 5) is 25.3. The molecule has 1 heterocycles. The van der Waals surface area contributed by atoms with Crippen molar-refractivity contribution in [3.63, 3.8) is 0 Å². The lowest BCUT2D eigenvalue weighted by Crippen LogP contribution is -2.50. The van der Waals surface area contributed by atoms with E-state index in [9.17, 15) is 18.0 Å². The van der Waals surface area contributed by atoms with Crippen LogP contribution in [0.2, 0.25) is 0 Å². The fourth-order valence-electron chi connectivity index (χ4n) is 3.03. The molecule has 1 saturated heterocycles. The summed E-state index contributed by atoms with van der Waals surface area (Å²) in [6, 6.07) is 5.82. The monoisotopic (exact) mass is 382 g/mol. The Morgan fingerprint density at radius 3 is 2.50 bits per heavy atom. The molecule has 2 rings (SSSR count). The van der Waals surface area contributed by atoms with Crippen molar-refractivity contribution in [3.8, 4) is 0 Å². The molecule has 2 amide bonds. The minimum atomic E-state index is -3.80. The highest BCUT2D eigenvalue weighted by Gasteiger charge is 2.29. The third kappa shape index (κ3) is 4.80. The maximum absolute atomic E-state index is 12.7. The van der Waals surface area contributed by atoms with Gasteiger partial charge in [0.15, 0.2) is 0 Å². The second kappa shape index (κ2) is 8.61. The van der Waals surface area contributed by atoms with Crippen molar-refractivity contribution >= 4 is 27.5 Å². The first-order valence-corrected chi connectivity index (χ1v) is 10.0. The smallest absolute Gasteiger partial charge is 0.243 e. The number of hydrogen-bond acceptors (Lipinski definition) is 5. The number of nitrogens with one attached hydrogen (secondary N) is 1. The van der Waals surface area contributed by atoms with E-state index in [-0.39, 0.29) is 29.3 Å². The van der Waals surface area contributed by atoms with E-state index >= 15 is 0 Å². The molecule has 0 aliphatic carbocycles. The predicted molar refractivity (Wildman–Crippen MR) is 99.0 cm³/mol. The first-order chi connectivity index (χ1) is 12.3. The molecule has 3 N–H and O–H groups in total. The maximum atomic E-state index is 12.7. The van der Waals surface area contributed by atoms with E-state index in [1.807, 2.05) is 0 Å². The van der Waals surface area contributed by atoms with Crippen molar-refractivity contribution < 1.29 is 18.0 Å². The topological polar surface area (TPSA) is 113 Å². The summed E-state index contributed by atoms with van der Waals surface area (Å²) in [5.74, 6) is -0.472. The minimum Gasteiger partial charge on any atom is -0.337 e. The molecule has 1 fully saturated rings. The molecule has 26 heavy (non-hydrogen) atoms. The van der Waals surface area contributed by atoms with Crippen LogP contribution in [0.25, 0.3) is 0 Å². The molecule has 0 aromatic heterocycles. The van der Waals surface area contributed by atoms with Crippen LogP contribution in [0.4, 0.5) is 5.69 Å². The molecule has 8 nitrogen and oxygen atoms in total. The van der Waals surface area contributed by atoms with Gasteiger partial charge in [-0.2, -0.15) is 4.31 Å². The lowest BCUT2D eigenvalue weighted by atomic mass is 10.0. The summed E-state index contributed by atoms with van der Waals surface area (Å²) in [6.45, 7) is 2.14. The molecule has 1 aromatic rings. The van der Waals surface area contributed by atoms with Crippen LogP contribution in [0.15, 0.2) is 29.2 Å². The lowest BCUT2D eigenvalue weighted by Gasteiger charge is -2.35. The molecule has 0 bridgehead atoms. The van der Waals surface area contributed by atoms with E-state index < -0.39 is 10.0 Å². The molecule has 0 radical (unpaired) electrons. The maximum Gasteiger partial charge on any atom is 0.243 e. The van der Waals surface area contributed by atoms with Gasteiger partial charge in [0.25, 0.3) is 0 Å². The largest absolute Gasteiger partial charge is 0.337 e. The van der Waals surface area contributed by atoms with Crippen LogP contribution < -0.4 is 11.1 Å². The van der Waals surface area contributed by atoms with Crippen LogP contribution in [0, 0.1) is 0 Å². The Morgan fingerprint density at radius 1 is 1.27 bits per heavy atom. The number of anilines is 1. The molecule has 0 spiro atoms. The molecule has 144 valence electrons. The Balaban J connectivity index is 2.08. The SMILES string of the molecule is CC(=O)Nc1ccc(S(=O)(=O)N(C)CC(=O)N2CCCCC2CN)cc1. The van der Waals surface area contributed by atoms with Gasteiger partial charge in [0.2, 0.25) is 21.8 Å². The van der Waals surface area contributed by atoms with Crippen molar-refractivity contribution in [1.82, 2.24) is 9.21 Å². The van der Waals surface area contributed by atoms with Crippen molar-refractivity contribution in [2.24, 2.45) is 5.73 Å². The van der Waals surface area contributed by atoms with E-state index in [1.54, 1.807) is 4.90 Å². The second-order valence-electron chi connectivity index (χ2n) is 6.44. The number of benzene rings is 1. The number of carbonyl (C=O) groups excluding carboxylic acids is 2. The molecule has 1 aliphatic heterocycles. The lowest BCUT2D eigenvalue weighted by molar-refractivity contribution is -0.134. The highest BCUT2D eigenvalue weighted by atomic mass is 32.2. The van der Waals surface area contributed by atoms with Crippen molar-refractivity contribution in [1.29, 1.82) is 0 Å². The fraction of sp³-hybridized carbons (Fsp3) is 0.529. The number of likely N-dealkylation sites (N-methyl/N-ethyl adjacent to an activating group) is 1. The Bertz CT molecular complexity index is 749. The van der Waals surface area contributed by atoms with Crippen LogP contribution >= 0.6 is 0 Å². The number of hydrogen-bond donors (Lipinski definition) is 2. The number of nitrogens with two attached hydrogens (primary N) is 1. The molecule has 1 atom stereocenters. The van der Waals surface area contributed by atoms with Gasteiger partial charge in [0.05, 0.1) is 11.4 Å². The first-order valence-electron chi connectivity index (χ1n) is 8.59. The van der Waals surface area contributed by atoms with E-state index in [0.717, 1.165) is 23.6 Å². The van der Waals surface area contributed by atoms with Gasteiger partial charge in [-0.3, -0.25) is 9.59 Å². The van der Waals surface area contributed by atoms with Gasteiger partial charge in [-0.15, -0.1) is 0 Å². The number of likely N-dealkylation sites (tertiary alicyclic amines) is 1. The zero-order chi connectivity index (χ0) is 19.3. The number of amides is 2. The summed E-state index contributed by atoms with van der Waals surface area (Å²) in [5.41, 5.74) is 6.24. The molecule has 1 aliphatic rings. The molecular weight excluding hydrogens is 356 g/mol. The standard InChI is InChI=1S/C17H26N4O4S/c1-13(22)19-14-6-8-16(9-7-14)26(24,25)20(2)12-17(23)21-10-4-3-5-15(21)11-18/h6-9,15H,3-5,10-12,18H2,1-2H3,(H,19,22). The van der Waals surface area contributed by atoms with E-state index in [1.165, 1.54) is 38.2 Å². The minimum absolute atomic E-state index is 0.0238. The summed E-state index contributed by atoms with van der Waals surface area (Å²) >= 11 is 0. The quantitative estimate of drug-likeness (QED) is 0.748. The van der Waals surface area contributed by atoms with Crippen LogP contribution in [0.3, 0.4) is 0 Å². The van der Waals surface area contributed by atoms with Crippen LogP contribution in [0.5, 0.6) is 0 Å². The Labute approximate surface area is 154 Å². The van der Waals surface area contributed by atoms with Gasteiger partial charge in [-0.25, -0.2) is 8.42 Å². The second-order valence-corrected chi connectivity index (χ2v) is 8.48. The Morgan fingerprint density at radius 2 is 1.92 bits per heavy atom. The zero-order valence-corrected chi connectivity index (χ0v) is 16.0. The van der Waals surface area contributed by atoms with Crippen molar-refractivity contribution in [3.05, 3.63) is 24.3 Å². The average molecular weight is 382 g/mol. The van der Waals surface area contributed by atoms with Gasteiger partial charge in [0.1, 0.15) is 0 Å². The third-order valence-corrected chi connectivity index (χ3v) is 6.28. The molecule has 1 unspecified atom stereocenters. The zero-order valence-electron chi connectivity index (χ0n) is 15.1. The van der Waals surface area contributed by atoms with Gasteiger partial charge < -0.3 is 16.0 Å². The van der Waals surface area contributed by atoms with E-state index in [0.29, 0.717) is 18.8 Å².